The lowest BCUT2D eigenvalue weighted by atomic mass is 10.1. The van der Waals surface area contributed by atoms with Crippen molar-refractivity contribution in [3.8, 4) is 0 Å². The summed E-state index contributed by atoms with van der Waals surface area (Å²) in [7, 11) is 0. The molecule has 0 saturated carbocycles. The fraction of sp³-hybridized carbons (Fsp3) is 0.0714. The third-order valence-electron chi connectivity index (χ3n) is 2.77. The molecule has 1 amide bonds. The van der Waals surface area contributed by atoms with Crippen molar-refractivity contribution in [3.05, 3.63) is 67.0 Å². The number of aryl methyl sites for hydroxylation is 1. The van der Waals surface area contributed by atoms with Gasteiger partial charge in [0.15, 0.2) is 0 Å². The van der Waals surface area contributed by atoms with Gasteiger partial charge in [0.05, 0.1) is 10.5 Å². The Balaban J connectivity index is 2.35. The zero-order valence-corrected chi connectivity index (χ0v) is 13.0. The molecule has 0 aromatic heterocycles. The van der Waals surface area contributed by atoms with Crippen molar-refractivity contribution in [3.63, 3.8) is 0 Å². The molecule has 0 heterocycles. The highest BCUT2D eigenvalue weighted by molar-refractivity contribution is 14.1. The molecule has 0 fully saturated rings. The first kappa shape index (κ1) is 15.4. The van der Waals surface area contributed by atoms with E-state index in [9.17, 15) is 19.3 Å². The standard InChI is InChI=1S/C14H10FIN2O3/c1-8-2-5-13(18(20)21)12(6-8)17-14(19)10-4-3-9(15)7-11(10)16/h2-7H,1H3,(H,17,19). The second kappa shape index (κ2) is 6.17. The molecule has 0 aliphatic heterocycles. The minimum atomic E-state index is -0.565. The summed E-state index contributed by atoms with van der Waals surface area (Å²) >= 11 is 1.84. The van der Waals surface area contributed by atoms with Crippen LogP contribution >= 0.6 is 22.6 Å². The quantitative estimate of drug-likeness (QED) is 0.483. The van der Waals surface area contributed by atoms with Gasteiger partial charge in [0.2, 0.25) is 0 Å². The van der Waals surface area contributed by atoms with Crippen LogP contribution in [0.4, 0.5) is 15.8 Å². The Kier molecular flexibility index (Phi) is 4.51. The number of rotatable bonds is 3. The van der Waals surface area contributed by atoms with Crippen LogP contribution in [-0.2, 0) is 0 Å². The molecule has 0 bridgehead atoms. The number of carbonyl (C=O) groups excluding carboxylic acids is 1. The minimum absolute atomic E-state index is 0.116. The molecule has 21 heavy (non-hydrogen) atoms. The lowest BCUT2D eigenvalue weighted by Gasteiger charge is -2.08. The Hall–Kier alpha value is -2.03. The number of amides is 1. The summed E-state index contributed by atoms with van der Waals surface area (Å²) in [6.07, 6.45) is 0. The predicted molar refractivity (Wildman–Crippen MR) is 84.9 cm³/mol. The number of carbonyl (C=O) groups is 1. The van der Waals surface area contributed by atoms with Gasteiger partial charge in [0.1, 0.15) is 11.5 Å². The first-order chi connectivity index (χ1) is 9.88. The van der Waals surface area contributed by atoms with Gasteiger partial charge >= 0.3 is 0 Å². The fourth-order valence-electron chi connectivity index (χ4n) is 1.77. The Bertz CT molecular complexity index is 734. The fourth-order valence-corrected chi connectivity index (χ4v) is 2.49. The third-order valence-corrected chi connectivity index (χ3v) is 3.67. The number of nitro benzene ring substituents is 1. The molecule has 0 aliphatic rings. The van der Waals surface area contributed by atoms with E-state index in [4.69, 9.17) is 0 Å². The number of hydrogen-bond acceptors (Lipinski definition) is 3. The van der Waals surface area contributed by atoms with Crippen LogP contribution < -0.4 is 5.32 Å². The normalized spacial score (nSPS) is 10.2. The highest BCUT2D eigenvalue weighted by atomic mass is 127. The molecule has 2 aromatic rings. The van der Waals surface area contributed by atoms with Crippen LogP contribution in [0.25, 0.3) is 0 Å². The number of nitrogens with zero attached hydrogens (tertiary/aromatic N) is 1. The molecule has 0 spiro atoms. The van der Waals surface area contributed by atoms with Crippen LogP contribution in [-0.4, -0.2) is 10.8 Å². The van der Waals surface area contributed by atoms with E-state index >= 15 is 0 Å². The molecule has 0 aliphatic carbocycles. The molecule has 0 unspecified atom stereocenters. The molecule has 7 heteroatoms. The van der Waals surface area contributed by atoms with Gasteiger partial charge in [0.25, 0.3) is 11.6 Å². The molecule has 2 rings (SSSR count). The van der Waals surface area contributed by atoms with E-state index < -0.39 is 16.6 Å². The summed E-state index contributed by atoms with van der Waals surface area (Å²) in [6.45, 7) is 1.76. The molecule has 108 valence electrons. The lowest BCUT2D eigenvalue weighted by molar-refractivity contribution is -0.383. The zero-order valence-electron chi connectivity index (χ0n) is 10.9. The molecular weight excluding hydrogens is 390 g/mol. The maximum Gasteiger partial charge on any atom is 0.292 e. The van der Waals surface area contributed by atoms with E-state index in [1.165, 1.54) is 30.3 Å². The van der Waals surface area contributed by atoms with Gasteiger partial charge in [-0.05, 0) is 59.3 Å². The van der Waals surface area contributed by atoms with E-state index in [1.54, 1.807) is 13.0 Å². The van der Waals surface area contributed by atoms with E-state index in [1.807, 2.05) is 22.6 Å². The van der Waals surface area contributed by atoms with Gasteiger partial charge in [-0.1, -0.05) is 6.07 Å². The largest absolute Gasteiger partial charge is 0.316 e. The van der Waals surface area contributed by atoms with Crippen molar-refractivity contribution in [1.29, 1.82) is 0 Å². The van der Waals surface area contributed by atoms with Crippen molar-refractivity contribution in [2.75, 3.05) is 5.32 Å². The maximum absolute atomic E-state index is 13.0. The predicted octanol–water partition coefficient (Wildman–Crippen LogP) is 3.90. The van der Waals surface area contributed by atoms with Crippen molar-refractivity contribution >= 4 is 39.9 Å². The molecule has 5 nitrogen and oxygen atoms in total. The monoisotopic (exact) mass is 400 g/mol. The second-order valence-electron chi connectivity index (χ2n) is 4.36. The SMILES string of the molecule is Cc1ccc([N+](=O)[O-])c(NC(=O)c2ccc(F)cc2I)c1. The van der Waals surface area contributed by atoms with Gasteiger partial charge in [0, 0.05) is 9.64 Å². The van der Waals surface area contributed by atoms with Crippen LogP contribution in [0.2, 0.25) is 0 Å². The van der Waals surface area contributed by atoms with E-state index in [-0.39, 0.29) is 16.9 Å². The summed E-state index contributed by atoms with van der Waals surface area (Å²) in [5, 5.41) is 13.5. The number of nitro groups is 1. The molecule has 0 atom stereocenters. The second-order valence-corrected chi connectivity index (χ2v) is 5.52. The molecule has 0 radical (unpaired) electrons. The number of anilines is 1. The van der Waals surface area contributed by atoms with E-state index in [2.05, 4.69) is 5.32 Å². The Morgan fingerprint density at radius 2 is 2.00 bits per heavy atom. The summed E-state index contributed by atoms with van der Waals surface area (Å²) in [5.41, 5.74) is 0.966. The summed E-state index contributed by atoms with van der Waals surface area (Å²) in [4.78, 5) is 22.6. The highest BCUT2D eigenvalue weighted by Crippen LogP contribution is 2.26. The molecular formula is C14H10FIN2O3. The lowest BCUT2D eigenvalue weighted by Crippen LogP contribution is -2.14. The molecule has 1 N–H and O–H groups in total. The van der Waals surface area contributed by atoms with Gasteiger partial charge in [-0.3, -0.25) is 14.9 Å². The van der Waals surface area contributed by atoms with Crippen molar-refractivity contribution in [1.82, 2.24) is 0 Å². The van der Waals surface area contributed by atoms with Crippen LogP contribution in [0.5, 0.6) is 0 Å². The minimum Gasteiger partial charge on any atom is -0.316 e. The Labute approximate surface area is 133 Å². The first-order valence-corrected chi connectivity index (χ1v) is 6.98. The van der Waals surface area contributed by atoms with Crippen LogP contribution in [0.3, 0.4) is 0 Å². The number of halogens is 2. The summed E-state index contributed by atoms with van der Waals surface area (Å²) in [5.74, 6) is -0.967. The zero-order chi connectivity index (χ0) is 15.6. The van der Waals surface area contributed by atoms with Gasteiger partial charge < -0.3 is 5.32 Å². The summed E-state index contributed by atoms with van der Waals surface area (Å²) < 4.78 is 13.5. The van der Waals surface area contributed by atoms with Crippen LogP contribution in [0.15, 0.2) is 36.4 Å². The smallest absolute Gasteiger partial charge is 0.292 e. The first-order valence-electron chi connectivity index (χ1n) is 5.90. The topological polar surface area (TPSA) is 72.2 Å². The maximum atomic E-state index is 13.0. The Morgan fingerprint density at radius 3 is 2.62 bits per heavy atom. The van der Waals surface area contributed by atoms with Crippen LogP contribution in [0, 0.1) is 26.4 Å². The molecule has 0 saturated heterocycles. The van der Waals surface area contributed by atoms with Crippen LogP contribution in [0.1, 0.15) is 15.9 Å². The van der Waals surface area contributed by atoms with Crippen molar-refractivity contribution < 1.29 is 14.1 Å². The number of benzene rings is 2. The third kappa shape index (κ3) is 3.54. The molecule has 2 aromatic carbocycles. The number of hydrogen-bond donors (Lipinski definition) is 1. The van der Waals surface area contributed by atoms with Gasteiger partial charge in [-0.25, -0.2) is 4.39 Å². The van der Waals surface area contributed by atoms with E-state index in [0.717, 1.165) is 5.56 Å². The average molecular weight is 400 g/mol. The van der Waals surface area contributed by atoms with E-state index in [0.29, 0.717) is 3.57 Å². The summed E-state index contributed by atoms with van der Waals surface area (Å²) in [6, 6.07) is 8.18. The Morgan fingerprint density at radius 1 is 1.29 bits per heavy atom. The van der Waals surface area contributed by atoms with Gasteiger partial charge in [-0.15, -0.1) is 0 Å². The van der Waals surface area contributed by atoms with Gasteiger partial charge in [-0.2, -0.15) is 0 Å². The number of nitrogens with one attached hydrogen (secondary N) is 1. The highest BCUT2D eigenvalue weighted by Gasteiger charge is 2.18. The van der Waals surface area contributed by atoms with Crippen molar-refractivity contribution in [2.45, 2.75) is 6.92 Å². The van der Waals surface area contributed by atoms with Crippen molar-refractivity contribution in [2.24, 2.45) is 0 Å². The average Bonchev–Trinajstić information content (AvgIpc) is 2.37.